The Hall–Kier alpha value is -2.93. The minimum absolute atomic E-state index is 0.140. The number of ether oxygens (including phenoxy) is 1. The van der Waals surface area contributed by atoms with Crippen LogP contribution in [-0.2, 0) is 16.1 Å². The normalized spacial score (nSPS) is 19.8. The molecule has 2 aliphatic rings. The molecule has 2 fully saturated rings. The average molecular weight is 408 g/mol. The molecule has 2 aromatic rings. The van der Waals surface area contributed by atoms with E-state index in [4.69, 9.17) is 4.74 Å². The number of nitrogens with one attached hydrogen (secondary N) is 1. The Bertz CT molecular complexity index is 872. The summed E-state index contributed by atoms with van der Waals surface area (Å²) in [5.41, 5.74) is 3.24. The molecule has 1 unspecified atom stereocenters. The molecule has 1 atom stereocenters. The zero-order valence-electron chi connectivity index (χ0n) is 17.5. The summed E-state index contributed by atoms with van der Waals surface area (Å²) < 4.78 is 5.55. The molecule has 1 aromatic carbocycles. The van der Waals surface area contributed by atoms with Crippen LogP contribution in [-0.4, -0.2) is 72.6 Å². The number of hydrogen-bond donors (Lipinski definition) is 1. The van der Waals surface area contributed by atoms with E-state index in [-0.39, 0.29) is 12.0 Å². The van der Waals surface area contributed by atoms with Gasteiger partial charge in [-0.15, -0.1) is 0 Å². The van der Waals surface area contributed by atoms with Gasteiger partial charge >= 0.3 is 0 Å². The molecular weight excluding hydrogens is 378 g/mol. The largest absolute Gasteiger partial charge is 0.368 e. The quantitative estimate of drug-likeness (QED) is 0.621. The van der Waals surface area contributed by atoms with Gasteiger partial charge in [-0.2, -0.15) is 0 Å². The molecule has 0 aliphatic carbocycles. The Labute approximate surface area is 177 Å². The molecule has 4 rings (SSSR count). The number of carbonyl (C=O) groups is 1. The Balaban J connectivity index is 1.31. The van der Waals surface area contributed by atoms with Gasteiger partial charge in [0.25, 0.3) is 5.91 Å². The lowest BCUT2D eigenvalue weighted by Gasteiger charge is -2.37. The zero-order chi connectivity index (χ0) is 20.8. The lowest BCUT2D eigenvalue weighted by atomic mass is 10.1. The standard InChI is InChI=1S/C23H29N5O2/c1-24-23(28-13-11-27(12-14-28)22(29)21-9-5-15-30-21)26-17-18-6-4-7-19(16-18)20-8-2-3-10-25-20/h2-4,6-8,10,16,21H,5,9,11-15,17H2,1H3,(H,24,26). The second-order valence-corrected chi connectivity index (χ2v) is 7.63. The lowest BCUT2D eigenvalue weighted by Crippen LogP contribution is -2.55. The number of carbonyl (C=O) groups excluding carboxylic acids is 1. The van der Waals surface area contributed by atoms with Crippen LogP contribution in [0.3, 0.4) is 0 Å². The Kier molecular flexibility index (Phi) is 6.59. The van der Waals surface area contributed by atoms with Crippen molar-refractivity contribution in [1.82, 2.24) is 20.1 Å². The first-order valence-corrected chi connectivity index (χ1v) is 10.6. The van der Waals surface area contributed by atoms with Gasteiger partial charge in [0.15, 0.2) is 5.96 Å². The molecule has 30 heavy (non-hydrogen) atoms. The molecule has 7 nitrogen and oxygen atoms in total. The van der Waals surface area contributed by atoms with Gasteiger partial charge in [0, 0.05) is 58.1 Å². The number of piperazine rings is 1. The van der Waals surface area contributed by atoms with Crippen LogP contribution in [0.25, 0.3) is 11.3 Å². The Morgan fingerprint density at radius 1 is 1.17 bits per heavy atom. The highest BCUT2D eigenvalue weighted by molar-refractivity contribution is 5.82. The number of aliphatic imine (C=N–C) groups is 1. The van der Waals surface area contributed by atoms with E-state index in [1.165, 1.54) is 5.56 Å². The lowest BCUT2D eigenvalue weighted by molar-refractivity contribution is -0.142. The molecule has 3 heterocycles. The van der Waals surface area contributed by atoms with E-state index in [2.05, 4.69) is 44.5 Å². The first-order chi connectivity index (χ1) is 14.7. The van der Waals surface area contributed by atoms with Crippen molar-refractivity contribution >= 4 is 11.9 Å². The zero-order valence-corrected chi connectivity index (χ0v) is 17.5. The van der Waals surface area contributed by atoms with Gasteiger partial charge in [-0.3, -0.25) is 14.8 Å². The second-order valence-electron chi connectivity index (χ2n) is 7.63. The minimum Gasteiger partial charge on any atom is -0.368 e. The number of benzene rings is 1. The minimum atomic E-state index is -0.236. The topological polar surface area (TPSA) is 70.1 Å². The summed E-state index contributed by atoms with van der Waals surface area (Å²) in [6, 6.07) is 14.3. The van der Waals surface area contributed by atoms with Crippen molar-refractivity contribution in [3.8, 4) is 11.3 Å². The van der Waals surface area contributed by atoms with Crippen molar-refractivity contribution in [1.29, 1.82) is 0 Å². The third kappa shape index (κ3) is 4.79. The van der Waals surface area contributed by atoms with Crippen molar-refractivity contribution in [2.45, 2.75) is 25.5 Å². The van der Waals surface area contributed by atoms with Crippen LogP contribution in [0.1, 0.15) is 18.4 Å². The number of pyridine rings is 1. The fourth-order valence-corrected chi connectivity index (χ4v) is 4.00. The van der Waals surface area contributed by atoms with E-state index in [1.54, 1.807) is 7.05 Å². The molecule has 2 aliphatic heterocycles. The van der Waals surface area contributed by atoms with Crippen LogP contribution in [0, 0.1) is 0 Å². The summed E-state index contributed by atoms with van der Waals surface area (Å²) in [5.74, 6) is 1.00. The maximum absolute atomic E-state index is 12.5. The number of hydrogen-bond acceptors (Lipinski definition) is 4. The molecule has 1 N–H and O–H groups in total. The monoisotopic (exact) mass is 407 g/mol. The molecule has 1 aromatic heterocycles. The number of aromatic nitrogens is 1. The van der Waals surface area contributed by atoms with E-state index >= 15 is 0 Å². The number of rotatable bonds is 4. The van der Waals surface area contributed by atoms with E-state index in [1.807, 2.05) is 29.3 Å². The molecule has 0 spiro atoms. The molecule has 0 bridgehead atoms. The highest BCUT2D eigenvalue weighted by atomic mass is 16.5. The van der Waals surface area contributed by atoms with Crippen molar-refractivity contribution in [2.75, 3.05) is 39.8 Å². The first-order valence-electron chi connectivity index (χ1n) is 10.6. The summed E-state index contributed by atoms with van der Waals surface area (Å²) in [5, 5.41) is 3.46. The molecule has 7 heteroatoms. The van der Waals surface area contributed by atoms with Gasteiger partial charge in [-0.1, -0.05) is 24.3 Å². The molecule has 2 saturated heterocycles. The maximum atomic E-state index is 12.5. The summed E-state index contributed by atoms with van der Waals surface area (Å²) in [7, 11) is 1.80. The van der Waals surface area contributed by atoms with Crippen LogP contribution >= 0.6 is 0 Å². The third-order valence-corrected chi connectivity index (χ3v) is 5.65. The fraction of sp³-hybridized carbons (Fsp3) is 0.435. The van der Waals surface area contributed by atoms with Crippen LogP contribution in [0.5, 0.6) is 0 Å². The predicted molar refractivity (Wildman–Crippen MR) is 117 cm³/mol. The highest BCUT2D eigenvalue weighted by Gasteiger charge is 2.30. The van der Waals surface area contributed by atoms with E-state index in [0.717, 1.165) is 43.1 Å². The van der Waals surface area contributed by atoms with Gasteiger partial charge in [-0.05, 0) is 36.6 Å². The highest BCUT2D eigenvalue weighted by Crippen LogP contribution is 2.18. The Morgan fingerprint density at radius 2 is 2.00 bits per heavy atom. The first kappa shape index (κ1) is 20.3. The van der Waals surface area contributed by atoms with Crippen LogP contribution in [0.2, 0.25) is 0 Å². The average Bonchev–Trinajstić information content (AvgIpc) is 3.35. The fourth-order valence-electron chi connectivity index (χ4n) is 4.00. The molecule has 158 valence electrons. The number of nitrogens with zero attached hydrogens (tertiary/aromatic N) is 4. The van der Waals surface area contributed by atoms with Gasteiger partial charge < -0.3 is 19.9 Å². The molecule has 0 saturated carbocycles. The maximum Gasteiger partial charge on any atom is 0.251 e. The second kappa shape index (κ2) is 9.71. The summed E-state index contributed by atoms with van der Waals surface area (Å²) >= 11 is 0. The summed E-state index contributed by atoms with van der Waals surface area (Å²) in [6.45, 7) is 4.33. The van der Waals surface area contributed by atoms with E-state index < -0.39 is 0 Å². The predicted octanol–water partition coefficient (Wildman–Crippen LogP) is 2.15. The van der Waals surface area contributed by atoms with Crippen molar-refractivity contribution in [3.63, 3.8) is 0 Å². The third-order valence-electron chi connectivity index (χ3n) is 5.65. The van der Waals surface area contributed by atoms with Crippen molar-refractivity contribution in [3.05, 3.63) is 54.2 Å². The molecular formula is C23H29N5O2. The summed E-state index contributed by atoms with van der Waals surface area (Å²) in [4.78, 5) is 25.6. The van der Waals surface area contributed by atoms with E-state index in [9.17, 15) is 4.79 Å². The van der Waals surface area contributed by atoms with Crippen molar-refractivity contribution < 1.29 is 9.53 Å². The van der Waals surface area contributed by atoms with Crippen LogP contribution in [0.15, 0.2) is 53.7 Å². The SMILES string of the molecule is CN=C(NCc1cccc(-c2ccccn2)c1)N1CCN(C(=O)C2CCCO2)CC1. The van der Waals surface area contributed by atoms with Crippen LogP contribution in [0.4, 0.5) is 0 Å². The smallest absolute Gasteiger partial charge is 0.251 e. The van der Waals surface area contributed by atoms with Gasteiger partial charge in [-0.25, -0.2) is 0 Å². The Morgan fingerprint density at radius 3 is 2.70 bits per heavy atom. The summed E-state index contributed by atoms with van der Waals surface area (Å²) in [6.07, 6.45) is 3.40. The number of amides is 1. The van der Waals surface area contributed by atoms with Crippen molar-refractivity contribution in [2.24, 2.45) is 4.99 Å². The van der Waals surface area contributed by atoms with Crippen LogP contribution < -0.4 is 5.32 Å². The molecule has 0 radical (unpaired) electrons. The molecule has 1 amide bonds. The number of guanidine groups is 1. The van der Waals surface area contributed by atoms with Gasteiger partial charge in [0.2, 0.25) is 0 Å². The van der Waals surface area contributed by atoms with Gasteiger partial charge in [0.1, 0.15) is 6.10 Å². The van der Waals surface area contributed by atoms with E-state index in [0.29, 0.717) is 26.2 Å². The van der Waals surface area contributed by atoms with Gasteiger partial charge in [0.05, 0.1) is 5.69 Å².